The standard InChI is InChI=1S/C27H27F3N6OS/c1-16-13-34(14-17(2)35(16)9-8-28)24-6-5-22-25(33-24)26-18(7-10-37-22)11-23(38-26)27-31-15-32-36(27)21-4-3-19(29)12-20(21)30/h3-6,11-12,15-17H,7-10,13-14H2,1-2H3/t16-,17+. The fourth-order valence-electron chi connectivity index (χ4n) is 5.41. The highest BCUT2D eigenvalue weighted by molar-refractivity contribution is 7.19. The number of fused-ring (bicyclic) bond motifs is 3. The summed E-state index contributed by atoms with van der Waals surface area (Å²) in [6.07, 6.45) is 2.05. The zero-order valence-electron chi connectivity index (χ0n) is 21.1. The lowest BCUT2D eigenvalue weighted by Gasteiger charge is -2.44. The maximum absolute atomic E-state index is 14.6. The highest BCUT2D eigenvalue weighted by Crippen LogP contribution is 2.43. The Hall–Kier alpha value is -3.44. The maximum Gasteiger partial charge on any atom is 0.173 e. The number of piperazine rings is 1. The first-order valence-electron chi connectivity index (χ1n) is 12.6. The quantitative estimate of drug-likeness (QED) is 0.350. The van der Waals surface area contributed by atoms with E-state index in [1.54, 1.807) is 0 Å². The van der Waals surface area contributed by atoms with Gasteiger partial charge in [-0.05, 0) is 49.7 Å². The summed E-state index contributed by atoms with van der Waals surface area (Å²) in [7, 11) is 0. The minimum atomic E-state index is -0.713. The van der Waals surface area contributed by atoms with Crippen molar-refractivity contribution in [2.75, 3.05) is 37.8 Å². The average molecular weight is 541 g/mol. The van der Waals surface area contributed by atoms with E-state index in [-0.39, 0.29) is 24.4 Å². The first kappa shape index (κ1) is 24.9. The molecule has 0 unspecified atom stereocenters. The van der Waals surface area contributed by atoms with Crippen molar-refractivity contribution in [3.05, 3.63) is 59.9 Å². The van der Waals surface area contributed by atoms with Crippen molar-refractivity contribution in [1.82, 2.24) is 24.6 Å². The Morgan fingerprint density at radius 1 is 1.08 bits per heavy atom. The molecule has 0 bridgehead atoms. The van der Waals surface area contributed by atoms with E-state index in [1.165, 1.54) is 34.5 Å². The molecule has 198 valence electrons. The van der Waals surface area contributed by atoms with Gasteiger partial charge in [-0.2, -0.15) is 5.10 Å². The fourth-order valence-corrected chi connectivity index (χ4v) is 6.59. The van der Waals surface area contributed by atoms with Crippen LogP contribution >= 0.6 is 11.3 Å². The number of halogens is 3. The summed E-state index contributed by atoms with van der Waals surface area (Å²) >= 11 is 1.50. The van der Waals surface area contributed by atoms with Gasteiger partial charge in [0.1, 0.15) is 41.8 Å². The van der Waals surface area contributed by atoms with Gasteiger partial charge in [0.25, 0.3) is 0 Å². The van der Waals surface area contributed by atoms with E-state index in [0.29, 0.717) is 31.1 Å². The van der Waals surface area contributed by atoms with E-state index in [2.05, 4.69) is 33.7 Å². The van der Waals surface area contributed by atoms with E-state index < -0.39 is 11.6 Å². The third kappa shape index (κ3) is 4.43. The molecule has 1 fully saturated rings. The summed E-state index contributed by atoms with van der Waals surface area (Å²) in [5.74, 6) is 0.671. The highest BCUT2D eigenvalue weighted by Gasteiger charge is 2.31. The largest absolute Gasteiger partial charge is 0.491 e. The fraction of sp³-hybridized carbons (Fsp3) is 0.370. The molecule has 2 aliphatic rings. The van der Waals surface area contributed by atoms with Crippen LogP contribution in [0.4, 0.5) is 19.0 Å². The Morgan fingerprint density at radius 3 is 2.66 bits per heavy atom. The van der Waals surface area contributed by atoms with E-state index in [4.69, 9.17) is 9.72 Å². The van der Waals surface area contributed by atoms with E-state index in [0.717, 1.165) is 46.0 Å². The van der Waals surface area contributed by atoms with Gasteiger partial charge in [0.15, 0.2) is 11.6 Å². The van der Waals surface area contributed by atoms with Crippen molar-refractivity contribution in [3.63, 3.8) is 0 Å². The number of ether oxygens (including phenoxy) is 1. The number of alkyl halides is 1. The molecule has 0 radical (unpaired) electrons. The average Bonchev–Trinajstić information content (AvgIpc) is 3.50. The summed E-state index contributed by atoms with van der Waals surface area (Å²) in [5.41, 5.74) is 1.95. The molecule has 0 saturated carbocycles. The lowest BCUT2D eigenvalue weighted by molar-refractivity contribution is 0.121. The minimum absolute atomic E-state index is 0.127. The van der Waals surface area contributed by atoms with Crippen molar-refractivity contribution in [1.29, 1.82) is 0 Å². The summed E-state index contributed by atoms with van der Waals surface area (Å²) < 4.78 is 48.5. The van der Waals surface area contributed by atoms with Crippen LogP contribution in [0.3, 0.4) is 0 Å². The zero-order chi connectivity index (χ0) is 26.4. The Labute approximate surface area is 222 Å². The molecule has 0 amide bonds. The molecule has 38 heavy (non-hydrogen) atoms. The van der Waals surface area contributed by atoms with Crippen LogP contribution in [-0.4, -0.2) is 69.6 Å². The lowest BCUT2D eigenvalue weighted by atomic mass is 10.1. The smallest absolute Gasteiger partial charge is 0.173 e. The predicted molar refractivity (Wildman–Crippen MR) is 141 cm³/mol. The second kappa shape index (κ2) is 10.0. The number of thiophene rings is 1. The predicted octanol–water partition coefficient (Wildman–Crippen LogP) is 5.14. The van der Waals surface area contributed by atoms with Crippen LogP contribution in [0.2, 0.25) is 0 Å². The van der Waals surface area contributed by atoms with Gasteiger partial charge in [0, 0.05) is 44.2 Å². The normalized spacial score (nSPS) is 19.6. The molecule has 7 nitrogen and oxygen atoms in total. The Balaban J connectivity index is 1.36. The van der Waals surface area contributed by atoms with Gasteiger partial charge in [-0.25, -0.2) is 27.8 Å². The molecule has 4 aromatic rings. The van der Waals surface area contributed by atoms with Crippen LogP contribution in [0.5, 0.6) is 5.75 Å². The second-order valence-corrected chi connectivity index (χ2v) is 10.8. The first-order valence-corrected chi connectivity index (χ1v) is 13.4. The molecule has 0 spiro atoms. The van der Waals surface area contributed by atoms with Crippen molar-refractivity contribution in [2.45, 2.75) is 32.4 Å². The molecule has 5 heterocycles. The molecule has 11 heteroatoms. The topological polar surface area (TPSA) is 59.3 Å². The monoisotopic (exact) mass is 540 g/mol. The van der Waals surface area contributed by atoms with Crippen molar-refractivity contribution in [3.8, 4) is 32.7 Å². The number of hydrogen-bond acceptors (Lipinski definition) is 7. The Kier molecular flexibility index (Phi) is 6.56. The van der Waals surface area contributed by atoms with Gasteiger partial charge < -0.3 is 9.64 Å². The van der Waals surface area contributed by atoms with Gasteiger partial charge in [-0.15, -0.1) is 11.3 Å². The third-order valence-corrected chi connectivity index (χ3v) is 8.35. The molecule has 0 aliphatic carbocycles. The lowest BCUT2D eigenvalue weighted by Crippen LogP contribution is -2.57. The number of aromatic nitrogens is 4. The van der Waals surface area contributed by atoms with Gasteiger partial charge in [0.05, 0.1) is 16.4 Å². The van der Waals surface area contributed by atoms with E-state index in [1.807, 2.05) is 18.2 Å². The second-order valence-electron chi connectivity index (χ2n) is 9.70. The van der Waals surface area contributed by atoms with Gasteiger partial charge in [0.2, 0.25) is 0 Å². The number of pyridine rings is 1. The number of anilines is 1. The van der Waals surface area contributed by atoms with Gasteiger partial charge >= 0.3 is 0 Å². The van der Waals surface area contributed by atoms with Crippen LogP contribution in [0.1, 0.15) is 19.4 Å². The molecular weight excluding hydrogens is 513 g/mol. The van der Waals surface area contributed by atoms with E-state index in [9.17, 15) is 13.2 Å². The number of hydrogen-bond donors (Lipinski definition) is 0. The molecule has 3 aromatic heterocycles. The molecule has 1 saturated heterocycles. The van der Waals surface area contributed by atoms with Crippen molar-refractivity contribution >= 4 is 17.2 Å². The van der Waals surface area contributed by atoms with Crippen molar-refractivity contribution < 1.29 is 17.9 Å². The number of benzene rings is 1. The number of rotatable bonds is 5. The summed E-state index contributed by atoms with van der Waals surface area (Å²) in [4.78, 5) is 15.7. The minimum Gasteiger partial charge on any atom is -0.491 e. The first-order chi connectivity index (χ1) is 18.4. The number of nitrogens with zero attached hydrogens (tertiary/aromatic N) is 6. The summed E-state index contributed by atoms with van der Waals surface area (Å²) in [6.45, 7) is 6.34. The van der Waals surface area contributed by atoms with Crippen molar-refractivity contribution in [2.24, 2.45) is 0 Å². The molecule has 2 atom stereocenters. The Bertz CT molecular complexity index is 1460. The maximum atomic E-state index is 14.6. The SMILES string of the molecule is C[C@@H]1CN(c2ccc3c(n2)-c2sc(-c4ncnn4-c4ccc(F)cc4F)cc2CCO3)C[C@H](C)N1CCF. The van der Waals surface area contributed by atoms with E-state index >= 15 is 0 Å². The molecular formula is C27H27F3N6OS. The summed E-state index contributed by atoms with van der Waals surface area (Å²) in [6, 6.07) is 9.76. The van der Waals surface area contributed by atoms with Crippen LogP contribution in [0.15, 0.2) is 42.7 Å². The van der Waals surface area contributed by atoms with Gasteiger partial charge in [-0.3, -0.25) is 4.90 Å². The van der Waals surface area contributed by atoms with Crippen LogP contribution < -0.4 is 9.64 Å². The Morgan fingerprint density at radius 2 is 1.89 bits per heavy atom. The van der Waals surface area contributed by atoms with Crippen LogP contribution in [0, 0.1) is 11.6 Å². The molecule has 0 N–H and O–H groups in total. The molecule has 2 aliphatic heterocycles. The molecule has 1 aromatic carbocycles. The third-order valence-electron chi connectivity index (χ3n) is 7.17. The zero-order valence-corrected chi connectivity index (χ0v) is 21.9. The highest BCUT2D eigenvalue weighted by atomic mass is 32.1. The van der Waals surface area contributed by atoms with Crippen LogP contribution in [0.25, 0.3) is 27.0 Å². The van der Waals surface area contributed by atoms with Gasteiger partial charge in [-0.1, -0.05) is 0 Å². The summed E-state index contributed by atoms with van der Waals surface area (Å²) in [5, 5.41) is 4.21. The van der Waals surface area contributed by atoms with Crippen LogP contribution in [-0.2, 0) is 6.42 Å². The molecule has 6 rings (SSSR count).